The van der Waals surface area contributed by atoms with Crippen molar-refractivity contribution in [2.75, 3.05) is 6.61 Å². The van der Waals surface area contributed by atoms with E-state index in [1.165, 1.54) is 0 Å². The van der Waals surface area contributed by atoms with E-state index in [-0.39, 0.29) is 12.5 Å². The number of ether oxygens (including phenoxy) is 1. The number of rotatable bonds is 3. The largest absolute Gasteiger partial charge is 0.462 e. The molecule has 5 heteroatoms. The number of aliphatic imine (C=N–C) groups is 1. The third-order valence-corrected chi connectivity index (χ3v) is 3.15. The van der Waals surface area contributed by atoms with E-state index in [1.807, 2.05) is 12.1 Å². The lowest BCUT2D eigenvalue weighted by Gasteiger charge is -2.20. The van der Waals surface area contributed by atoms with Crippen molar-refractivity contribution in [2.45, 2.75) is 25.8 Å². The lowest BCUT2D eigenvalue weighted by molar-refractivity contribution is -0.135. The highest BCUT2D eigenvalue weighted by molar-refractivity contribution is 6.40. The van der Waals surface area contributed by atoms with Crippen LogP contribution in [0.5, 0.6) is 0 Å². The first kappa shape index (κ1) is 13.7. The fraction of sp³-hybridized carbons (Fsp3) is 0.357. The van der Waals surface area contributed by atoms with Crippen LogP contribution in [0.4, 0.5) is 0 Å². The molecule has 0 spiro atoms. The van der Waals surface area contributed by atoms with Crippen LogP contribution in [0.1, 0.15) is 31.4 Å². The van der Waals surface area contributed by atoms with Crippen LogP contribution in [0.25, 0.3) is 0 Å². The van der Waals surface area contributed by atoms with Gasteiger partial charge in [-0.1, -0.05) is 23.7 Å². The van der Waals surface area contributed by atoms with Gasteiger partial charge >= 0.3 is 5.97 Å². The number of carbonyl (C=O) groups is 1. The number of hydrogen-bond acceptors (Lipinski definition) is 4. The molecule has 0 saturated heterocycles. The molecule has 0 aromatic heterocycles. The van der Waals surface area contributed by atoms with Gasteiger partial charge in [-0.05, 0) is 24.6 Å². The standard InChI is InChI=1S/C14H15ClN2O2/c1-2-19-14(18)13-8-11(16)7-12(17-13)9-3-5-10(15)6-4-9/h3-6,12,16H,2,7-8H2,1H3. The van der Waals surface area contributed by atoms with E-state index in [4.69, 9.17) is 21.7 Å². The Bertz CT molecular complexity index is 523. The van der Waals surface area contributed by atoms with Crippen LogP contribution in [-0.2, 0) is 9.53 Å². The van der Waals surface area contributed by atoms with Gasteiger partial charge in [0.25, 0.3) is 0 Å². The van der Waals surface area contributed by atoms with Gasteiger partial charge in [0.2, 0.25) is 0 Å². The molecule has 1 aromatic rings. The number of esters is 1. The van der Waals surface area contributed by atoms with Crippen molar-refractivity contribution in [3.05, 3.63) is 34.9 Å². The van der Waals surface area contributed by atoms with E-state index in [9.17, 15) is 4.79 Å². The number of halogens is 1. The molecule has 0 bridgehead atoms. The molecule has 1 aliphatic rings. The Morgan fingerprint density at radius 2 is 2.16 bits per heavy atom. The second-order valence-electron chi connectivity index (χ2n) is 4.35. The summed E-state index contributed by atoms with van der Waals surface area (Å²) < 4.78 is 4.95. The first-order valence-corrected chi connectivity index (χ1v) is 6.53. The fourth-order valence-corrected chi connectivity index (χ4v) is 2.13. The van der Waals surface area contributed by atoms with Crippen LogP contribution < -0.4 is 0 Å². The summed E-state index contributed by atoms with van der Waals surface area (Å²) in [4.78, 5) is 16.1. The summed E-state index contributed by atoms with van der Waals surface area (Å²) in [6.45, 7) is 2.07. The summed E-state index contributed by atoms with van der Waals surface area (Å²) in [6, 6.07) is 7.12. The van der Waals surface area contributed by atoms with Crippen molar-refractivity contribution in [2.24, 2.45) is 4.99 Å². The molecule has 100 valence electrons. The molecule has 19 heavy (non-hydrogen) atoms. The Labute approximate surface area is 117 Å². The van der Waals surface area contributed by atoms with Crippen molar-refractivity contribution < 1.29 is 9.53 Å². The summed E-state index contributed by atoms with van der Waals surface area (Å²) in [5, 5.41) is 8.51. The molecule has 1 unspecified atom stereocenters. The normalized spacial score (nSPS) is 18.9. The minimum absolute atomic E-state index is 0.196. The first-order valence-electron chi connectivity index (χ1n) is 6.15. The maximum Gasteiger partial charge on any atom is 0.352 e. The molecular weight excluding hydrogens is 264 g/mol. The zero-order valence-corrected chi connectivity index (χ0v) is 11.4. The average Bonchev–Trinajstić information content (AvgIpc) is 2.39. The number of benzene rings is 1. The summed E-state index contributed by atoms with van der Waals surface area (Å²) in [5.41, 5.74) is 1.78. The van der Waals surface area contributed by atoms with Crippen LogP contribution in [0.3, 0.4) is 0 Å². The van der Waals surface area contributed by atoms with Crippen molar-refractivity contribution in [3.8, 4) is 0 Å². The van der Waals surface area contributed by atoms with Gasteiger partial charge < -0.3 is 10.1 Å². The van der Waals surface area contributed by atoms with Gasteiger partial charge in [-0.2, -0.15) is 0 Å². The molecule has 0 amide bonds. The molecule has 2 rings (SSSR count). The molecular formula is C14H15ClN2O2. The SMILES string of the molecule is CCOC(=O)C1=NC(c2ccc(Cl)cc2)CC(=N)C1. The van der Waals surface area contributed by atoms with Crippen LogP contribution in [0.15, 0.2) is 29.3 Å². The predicted octanol–water partition coefficient (Wildman–Crippen LogP) is 3.20. The first-order chi connectivity index (χ1) is 9.10. The second-order valence-corrected chi connectivity index (χ2v) is 4.78. The van der Waals surface area contributed by atoms with E-state index >= 15 is 0 Å². The van der Waals surface area contributed by atoms with E-state index < -0.39 is 5.97 Å². The number of carbonyl (C=O) groups excluding carboxylic acids is 1. The van der Waals surface area contributed by atoms with Crippen molar-refractivity contribution in [1.29, 1.82) is 5.41 Å². The van der Waals surface area contributed by atoms with E-state index in [1.54, 1.807) is 19.1 Å². The molecule has 1 aromatic carbocycles. The monoisotopic (exact) mass is 278 g/mol. The lowest BCUT2D eigenvalue weighted by Crippen LogP contribution is -2.26. The van der Waals surface area contributed by atoms with Gasteiger partial charge in [0.05, 0.1) is 12.6 Å². The van der Waals surface area contributed by atoms with Crippen LogP contribution in [0, 0.1) is 5.41 Å². The summed E-state index contributed by atoms with van der Waals surface area (Å²) >= 11 is 5.85. The molecule has 0 saturated carbocycles. The maximum atomic E-state index is 11.7. The van der Waals surface area contributed by atoms with Gasteiger partial charge in [0.1, 0.15) is 5.71 Å². The number of nitrogens with one attached hydrogen (secondary N) is 1. The van der Waals surface area contributed by atoms with Gasteiger partial charge in [0.15, 0.2) is 0 Å². The molecule has 4 nitrogen and oxygen atoms in total. The summed E-state index contributed by atoms with van der Waals surface area (Å²) in [7, 11) is 0. The Balaban J connectivity index is 2.25. The Morgan fingerprint density at radius 3 is 2.79 bits per heavy atom. The van der Waals surface area contributed by atoms with E-state index in [0.29, 0.717) is 29.5 Å². The fourth-order valence-electron chi connectivity index (χ4n) is 2.00. The maximum absolute atomic E-state index is 11.7. The van der Waals surface area contributed by atoms with Crippen LogP contribution in [-0.4, -0.2) is 24.0 Å². The van der Waals surface area contributed by atoms with Crippen molar-refractivity contribution in [3.63, 3.8) is 0 Å². The van der Waals surface area contributed by atoms with Gasteiger partial charge in [-0.15, -0.1) is 0 Å². The molecule has 1 aliphatic heterocycles. The smallest absolute Gasteiger partial charge is 0.352 e. The Hall–Kier alpha value is -1.68. The minimum Gasteiger partial charge on any atom is -0.462 e. The minimum atomic E-state index is -0.425. The Morgan fingerprint density at radius 1 is 1.47 bits per heavy atom. The Kier molecular flexibility index (Phi) is 4.32. The van der Waals surface area contributed by atoms with Gasteiger partial charge in [-0.25, -0.2) is 4.79 Å². The highest BCUT2D eigenvalue weighted by Crippen LogP contribution is 2.27. The molecule has 1 heterocycles. The molecule has 1 N–H and O–H groups in total. The third kappa shape index (κ3) is 3.41. The second kappa shape index (κ2) is 5.97. The highest BCUT2D eigenvalue weighted by atomic mass is 35.5. The molecule has 1 atom stereocenters. The van der Waals surface area contributed by atoms with Crippen molar-refractivity contribution in [1.82, 2.24) is 0 Å². The lowest BCUT2D eigenvalue weighted by atomic mass is 9.95. The molecule has 0 radical (unpaired) electrons. The summed E-state index contributed by atoms with van der Waals surface area (Å²) in [5.74, 6) is -0.425. The zero-order chi connectivity index (χ0) is 13.8. The van der Waals surface area contributed by atoms with E-state index in [0.717, 1.165) is 5.56 Å². The van der Waals surface area contributed by atoms with E-state index in [2.05, 4.69) is 4.99 Å². The average molecular weight is 279 g/mol. The van der Waals surface area contributed by atoms with Crippen LogP contribution in [0.2, 0.25) is 5.02 Å². The topological polar surface area (TPSA) is 62.5 Å². The highest BCUT2D eigenvalue weighted by Gasteiger charge is 2.25. The van der Waals surface area contributed by atoms with Crippen LogP contribution >= 0.6 is 11.6 Å². The van der Waals surface area contributed by atoms with Crippen molar-refractivity contribution >= 4 is 29.0 Å². The molecule has 0 aliphatic carbocycles. The zero-order valence-electron chi connectivity index (χ0n) is 10.6. The summed E-state index contributed by atoms with van der Waals surface area (Å²) in [6.07, 6.45) is 0.813. The number of nitrogens with zero attached hydrogens (tertiary/aromatic N) is 1. The molecule has 0 fully saturated rings. The number of hydrogen-bond donors (Lipinski definition) is 1. The quantitative estimate of drug-likeness (QED) is 0.863. The third-order valence-electron chi connectivity index (χ3n) is 2.90. The predicted molar refractivity (Wildman–Crippen MR) is 75.2 cm³/mol. The van der Waals surface area contributed by atoms with Gasteiger partial charge in [0, 0.05) is 23.6 Å². The van der Waals surface area contributed by atoms with Gasteiger partial charge in [-0.3, -0.25) is 4.99 Å².